The molecular weight excluding hydrogens is 400 g/mol. The summed E-state index contributed by atoms with van der Waals surface area (Å²) in [5.41, 5.74) is 2.54. The van der Waals surface area contributed by atoms with Crippen LogP contribution in [0, 0.1) is 0 Å². The molecule has 1 atom stereocenters. The minimum atomic E-state index is -0.616. The van der Waals surface area contributed by atoms with Crippen LogP contribution in [0.3, 0.4) is 0 Å². The van der Waals surface area contributed by atoms with Gasteiger partial charge in [-0.2, -0.15) is 0 Å². The lowest BCUT2D eigenvalue weighted by Gasteiger charge is -2.49. The van der Waals surface area contributed by atoms with E-state index in [0.29, 0.717) is 19.6 Å². The number of nitrogens with zero attached hydrogens (tertiary/aromatic N) is 1. The molecule has 0 aliphatic carbocycles. The molecule has 1 fully saturated rings. The van der Waals surface area contributed by atoms with Crippen LogP contribution < -0.4 is 19.7 Å². The van der Waals surface area contributed by atoms with Crippen LogP contribution in [0.15, 0.2) is 48.5 Å². The van der Waals surface area contributed by atoms with Crippen LogP contribution >= 0.6 is 0 Å². The number of para-hydroxylation sites is 1. The van der Waals surface area contributed by atoms with E-state index in [1.807, 2.05) is 18.2 Å². The Morgan fingerprint density at radius 2 is 1.94 bits per heavy atom. The van der Waals surface area contributed by atoms with Crippen LogP contribution in [0.4, 0.5) is 5.69 Å². The first-order valence-corrected chi connectivity index (χ1v) is 11.6. The number of fused-ring (bicyclic) bond motifs is 3. The molecule has 0 aromatic heterocycles. The van der Waals surface area contributed by atoms with Crippen molar-refractivity contribution in [1.82, 2.24) is 5.32 Å². The van der Waals surface area contributed by atoms with E-state index in [9.17, 15) is 4.79 Å². The highest BCUT2D eigenvalue weighted by Gasteiger charge is 2.57. The monoisotopic (exact) mass is 434 g/mol. The Kier molecular flexibility index (Phi) is 6.18. The molecule has 0 unspecified atom stereocenters. The fraction of sp³-hybridized carbons (Fsp3) is 0.444. The predicted octanol–water partition coefficient (Wildman–Crippen LogP) is 5.29. The third-order valence-corrected chi connectivity index (χ3v) is 6.85. The first kappa shape index (κ1) is 22.3. The number of hydrogen-bond acceptors (Lipinski definition) is 4. The van der Waals surface area contributed by atoms with Crippen LogP contribution in [0.5, 0.6) is 11.5 Å². The van der Waals surface area contributed by atoms with Crippen molar-refractivity contribution in [3.05, 3.63) is 59.7 Å². The van der Waals surface area contributed by atoms with Gasteiger partial charge in [0.25, 0.3) is 0 Å². The van der Waals surface area contributed by atoms with Gasteiger partial charge >= 0.3 is 0 Å². The molecule has 5 heteroatoms. The molecule has 170 valence electrons. The maximum Gasteiger partial charge on any atom is 0.223 e. The second-order valence-corrected chi connectivity index (χ2v) is 9.16. The molecule has 2 heterocycles. The van der Waals surface area contributed by atoms with Gasteiger partial charge < -0.3 is 19.7 Å². The summed E-state index contributed by atoms with van der Waals surface area (Å²) in [5, 5.41) is 3.32. The molecule has 0 bridgehead atoms. The Bertz CT molecular complexity index is 1010. The van der Waals surface area contributed by atoms with E-state index in [4.69, 9.17) is 9.47 Å². The van der Waals surface area contributed by atoms with E-state index in [0.717, 1.165) is 29.9 Å². The number of benzene rings is 2. The highest BCUT2D eigenvalue weighted by molar-refractivity contribution is 5.84. The summed E-state index contributed by atoms with van der Waals surface area (Å²) in [4.78, 5) is 14.9. The van der Waals surface area contributed by atoms with E-state index >= 15 is 0 Å². The van der Waals surface area contributed by atoms with Crippen LogP contribution in [-0.4, -0.2) is 31.8 Å². The molecular formula is C27H34N2O3. The van der Waals surface area contributed by atoms with Gasteiger partial charge in [-0.05, 0) is 41.8 Å². The lowest BCUT2D eigenvalue weighted by Crippen LogP contribution is -2.68. The second kappa shape index (κ2) is 8.89. The SMILES string of the molecule is CCCCCOc1ccc(C=C[C@@]23NC(=O)CCN2c2ccccc2C3(C)C)cc1OC. The maximum atomic E-state index is 12.5. The van der Waals surface area contributed by atoms with Gasteiger partial charge in [0.2, 0.25) is 5.91 Å². The summed E-state index contributed by atoms with van der Waals surface area (Å²) in [6, 6.07) is 14.5. The van der Waals surface area contributed by atoms with Crippen LogP contribution in [-0.2, 0) is 10.2 Å². The number of ether oxygens (including phenoxy) is 2. The van der Waals surface area contributed by atoms with Crippen molar-refractivity contribution in [3.8, 4) is 11.5 Å². The zero-order chi connectivity index (χ0) is 22.8. The largest absolute Gasteiger partial charge is 0.493 e. The molecule has 0 spiro atoms. The number of methoxy groups -OCH3 is 1. The van der Waals surface area contributed by atoms with E-state index in [1.54, 1.807) is 7.11 Å². The Morgan fingerprint density at radius 3 is 2.72 bits per heavy atom. The summed E-state index contributed by atoms with van der Waals surface area (Å²) in [7, 11) is 1.67. The van der Waals surface area contributed by atoms with Gasteiger partial charge in [0, 0.05) is 24.1 Å². The standard InChI is InChI=1S/C27H34N2O3/c1-5-6-9-18-32-23-13-12-20(19-24(23)31-4)14-16-27-26(2,3)21-10-7-8-11-22(21)29(27)17-15-25(30)28-27/h7-8,10-14,16,19H,5-6,9,15,17-18H2,1-4H3,(H,28,30)/t27-/m1/s1. The number of nitrogens with one attached hydrogen (secondary N) is 1. The van der Waals surface area contributed by atoms with Gasteiger partial charge in [-0.25, -0.2) is 0 Å². The number of rotatable bonds is 8. The van der Waals surface area contributed by atoms with E-state index in [1.165, 1.54) is 17.7 Å². The molecule has 2 aromatic rings. The summed E-state index contributed by atoms with van der Waals surface area (Å²) in [5.74, 6) is 1.57. The Morgan fingerprint density at radius 1 is 1.12 bits per heavy atom. The summed E-state index contributed by atoms with van der Waals surface area (Å²) in [6.45, 7) is 7.98. The van der Waals surface area contributed by atoms with Crippen molar-refractivity contribution in [1.29, 1.82) is 0 Å². The van der Waals surface area contributed by atoms with Gasteiger partial charge in [-0.1, -0.05) is 64.0 Å². The van der Waals surface area contributed by atoms with E-state index < -0.39 is 5.66 Å². The Labute approximate surface area is 191 Å². The van der Waals surface area contributed by atoms with Crippen molar-refractivity contribution >= 4 is 17.7 Å². The van der Waals surface area contributed by atoms with Crippen LogP contribution in [0.2, 0.25) is 0 Å². The lowest BCUT2D eigenvalue weighted by molar-refractivity contribution is -0.124. The Balaban J connectivity index is 1.64. The third kappa shape index (κ3) is 3.74. The normalized spacial score (nSPS) is 21.2. The lowest BCUT2D eigenvalue weighted by atomic mass is 9.74. The van der Waals surface area contributed by atoms with E-state index in [2.05, 4.69) is 67.4 Å². The third-order valence-electron chi connectivity index (χ3n) is 6.85. The molecule has 2 aliphatic heterocycles. The minimum Gasteiger partial charge on any atom is -0.493 e. The summed E-state index contributed by atoms with van der Waals surface area (Å²) >= 11 is 0. The fourth-order valence-electron chi connectivity index (χ4n) is 4.98. The smallest absolute Gasteiger partial charge is 0.223 e. The van der Waals surface area contributed by atoms with Crippen LogP contribution in [0.25, 0.3) is 6.08 Å². The van der Waals surface area contributed by atoms with Crippen molar-refractivity contribution in [2.75, 3.05) is 25.2 Å². The van der Waals surface area contributed by atoms with E-state index in [-0.39, 0.29) is 11.3 Å². The van der Waals surface area contributed by atoms with Crippen molar-refractivity contribution < 1.29 is 14.3 Å². The number of anilines is 1. The maximum absolute atomic E-state index is 12.5. The van der Waals surface area contributed by atoms with Crippen molar-refractivity contribution in [2.24, 2.45) is 0 Å². The molecule has 1 saturated heterocycles. The number of unbranched alkanes of at least 4 members (excludes halogenated alkanes) is 2. The van der Waals surface area contributed by atoms with Crippen molar-refractivity contribution in [3.63, 3.8) is 0 Å². The minimum absolute atomic E-state index is 0.0835. The Hall–Kier alpha value is -2.95. The zero-order valence-corrected chi connectivity index (χ0v) is 19.6. The molecule has 0 radical (unpaired) electrons. The highest BCUT2D eigenvalue weighted by atomic mass is 16.5. The van der Waals surface area contributed by atoms with Crippen LogP contribution in [0.1, 0.15) is 57.6 Å². The van der Waals surface area contributed by atoms with Gasteiger partial charge in [0.1, 0.15) is 5.66 Å². The number of amides is 1. The number of hydrogen-bond donors (Lipinski definition) is 1. The molecule has 4 rings (SSSR count). The average Bonchev–Trinajstić information content (AvgIpc) is 2.99. The molecule has 1 N–H and O–H groups in total. The summed E-state index contributed by atoms with van der Waals surface area (Å²) in [6.07, 6.45) is 8.08. The molecule has 2 aromatic carbocycles. The van der Waals surface area contributed by atoms with Gasteiger partial charge in [-0.15, -0.1) is 0 Å². The van der Waals surface area contributed by atoms with Crippen molar-refractivity contribution in [2.45, 2.75) is 57.5 Å². The second-order valence-electron chi connectivity index (χ2n) is 9.16. The number of carbonyl (C=O) groups is 1. The average molecular weight is 435 g/mol. The molecule has 0 saturated carbocycles. The molecule has 5 nitrogen and oxygen atoms in total. The highest BCUT2D eigenvalue weighted by Crippen LogP contribution is 2.52. The zero-order valence-electron chi connectivity index (χ0n) is 19.6. The molecule has 32 heavy (non-hydrogen) atoms. The molecule has 1 amide bonds. The molecule has 2 aliphatic rings. The van der Waals surface area contributed by atoms with Gasteiger partial charge in [-0.3, -0.25) is 4.79 Å². The first-order valence-electron chi connectivity index (χ1n) is 11.6. The topological polar surface area (TPSA) is 50.8 Å². The fourth-order valence-corrected chi connectivity index (χ4v) is 4.98. The van der Waals surface area contributed by atoms with Gasteiger partial charge in [0.15, 0.2) is 11.5 Å². The quantitative estimate of drug-likeness (QED) is 0.574. The predicted molar refractivity (Wildman–Crippen MR) is 129 cm³/mol. The first-order chi connectivity index (χ1) is 15.4. The summed E-state index contributed by atoms with van der Waals surface area (Å²) < 4.78 is 11.5. The number of carbonyl (C=O) groups excluding carboxylic acids is 1. The van der Waals surface area contributed by atoms with Gasteiger partial charge in [0.05, 0.1) is 13.7 Å².